The maximum Gasteiger partial charge on any atom is 0.191 e. The molecule has 24 heavy (non-hydrogen) atoms. The molecule has 0 aliphatic rings. The Bertz CT molecular complexity index is 649. The molecule has 0 saturated heterocycles. The Hall–Kier alpha value is -1.24. The van der Waals surface area contributed by atoms with E-state index in [-0.39, 0.29) is 4.75 Å². The van der Waals surface area contributed by atoms with Gasteiger partial charge in [-0.1, -0.05) is 18.2 Å². The summed E-state index contributed by atoms with van der Waals surface area (Å²) in [5, 5.41) is 18.1. The van der Waals surface area contributed by atoms with Crippen molar-refractivity contribution in [1.82, 2.24) is 10.6 Å². The Labute approximate surface area is 152 Å². The van der Waals surface area contributed by atoms with E-state index in [1.54, 1.807) is 23.1 Å². The van der Waals surface area contributed by atoms with Crippen LogP contribution >= 0.6 is 23.1 Å². The number of hydrogen-bond acceptors (Lipinski definition) is 4. The second kappa shape index (κ2) is 8.74. The second-order valence-electron chi connectivity index (χ2n) is 6.24. The Balaban J connectivity index is 1.98. The predicted octanol–water partition coefficient (Wildman–Crippen LogP) is 3.63. The molecule has 2 aromatic rings. The largest absolute Gasteiger partial charge is 0.386 e. The highest BCUT2D eigenvalue weighted by Gasteiger charge is 2.16. The molecule has 1 atom stereocenters. The number of aliphatic hydroxyl groups is 1. The van der Waals surface area contributed by atoms with E-state index in [2.05, 4.69) is 53.9 Å². The number of thioether (sulfide) groups is 1. The summed E-state index contributed by atoms with van der Waals surface area (Å²) >= 11 is 3.44. The van der Waals surface area contributed by atoms with Crippen LogP contribution in [0.25, 0.3) is 10.1 Å². The summed E-state index contributed by atoms with van der Waals surface area (Å²) in [4.78, 5) is 5.61. The Morgan fingerprint density at radius 1 is 1.33 bits per heavy atom. The van der Waals surface area contributed by atoms with Crippen molar-refractivity contribution in [3.05, 3.63) is 35.2 Å². The van der Waals surface area contributed by atoms with Gasteiger partial charge in [-0.3, -0.25) is 4.99 Å². The molecule has 2 rings (SSSR count). The van der Waals surface area contributed by atoms with E-state index in [0.717, 1.165) is 23.9 Å². The van der Waals surface area contributed by atoms with E-state index in [1.807, 2.05) is 19.1 Å². The van der Waals surface area contributed by atoms with E-state index in [0.29, 0.717) is 6.54 Å². The number of nitrogens with zero attached hydrogens (tertiary/aromatic N) is 1. The van der Waals surface area contributed by atoms with E-state index in [1.165, 1.54) is 10.1 Å². The highest BCUT2D eigenvalue weighted by molar-refractivity contribution is 7.99. The zero-order chi connectivity index (χ0) is 17.6. The van der Waals surface area contributed by atoms with E-state index in [9.17, 15) is 5.11 Å². The first-order valence-electron chi connectivity index (χ1n) is 8.19. The third-order valence-electron chi connectivity index (χ3n) is 3.75. The number of aliphatic imine (C=N–C) groups is 1. The molecule has 1 aromatic carbocycles. The number of hydrogen-bond donors (Lipinski definition) is 3. The smallest absolute Gasteiger partial charge is 0.191 e. The molecule has 6 heteroatoms. The fourth-order valence-electron chi connectivity index (χ4n) is 2.14. The van der Waals surface area contributed by atoms with Crippen LogP contribution in [0.15, 0.2) is 35.3 Å². The fraction of sp³-hybridized carbons (Fsp3) is 0.500. The van der Waals surface area contributed by atoms with Crippen LogP contribution in [0.3, 0.4) is 0 Å². The van der Waals surface area contributed by atoms with Crippen LogP contribution in [0.2, 0.25) is 0 Å². The molecule has 0 bridgehead atoms. The van der Waals surface area contributed by atoms with Gasteiger partial charge in [0.2, 0.25) is 0 Å². The minimum absolute atomic E-state index is 0.104. The molecule has 0 spiro atoms. The molecule has 0 aliphatic carbocycles. The summed E-state index contributed by atoms with van der Waals surface area (Å²) in [7, 11) is 0. The van der Waals surface area contributed by atoms with Crippen LogP contribution in [0, 0.1) is 0 Å². The van der Waals surface area contributed by atoms with Crippen molar-refractivity contribution in [2.75, 3.05) is 25.9 Å². The number of thiophene rings is 1. The van der Waals surface area contributed by atoms with Crippen LogP contribution in [-0.2, 0) is 0 Å². The fourth-order valence-corrected chi connectivity index (χ4v) is 3.38. The zero-order valence-corrected chi connectivity index (χ0v) is 16.4. The monoisotopic (exact) mass is 365 g/mol. The summed E-state index contributed by atoms with van der Waals surface area (Å²) in [5.74, 6) is 0.750. The summed E-state index contributed by atoms with van der Waals surface area (Å²) in [5.41, 5.74) is 0. The third kappa shape index (κ3) is 5.40. The average Bonchev–Trinajstić information content (AvgIpc) is 3.01. The topological polar surface area (TPSA) is 56.7 Å². The van der Waals surface area contributed by atoms with Gasteiger partial charge in [-0.25, -0.2) is 0 Å². The van der Waals surface area contributed by atoms with Crippen molar-refractivity contribution >= 4 is 39.1 Å². The van der Waals surface area contributed by atoms with Crippen molar-refractivity contribution in [2.45, 2.75) is 31.6 Å². The Morgan fingerprint density at radius 3 is 2.75 bits per heavy atom. The minimum atomic E-state index is -0.542. The SMILES string of the molecule is CCNC(=NCC(C)(C)SC)NCC(O)c1cc2ccccc2s1. The minimum Gasteiger partial charge on any atom is -0.386 e. The van der Waals surface area contributed by atoms with Crippen LogP contribution in [0.5, 0.6) is 0 Å². The van der Waals surface area contributed by atoms with Crippen molar-refractivity contribution in [1.29, 1.82) is 0 Å². The van der Waals surface area contributed by atoms with Gasteiger partial charge < -0.3 is 15.7 Å². The number of aliphatic hydroxyl groups excluding tert-OH is 1. The van der Waals surface area contributed by atoms with Crippen molar-refractivity contribution in [2.24, 2.45) is 4.99 Å². The van der Waals surface area contributed by atoms with Crippen molar-refractivity contribution in [3.8, 4) is 0 Å². The molecule has 4 nitrogen and oxygen atoms in total. The molecular weight excluding hydrogens is 338 g/mol. The molecule has 1 heterocycles. The van der Waals surface area contributed by atoms with Gasteiger partial charge in [0.05, 0.1) is 6.54 Å². The molecule has 1 aromatic heterocycles. The lowest BCUT2D eigenvalue weighted by Crippen LogP contribution is -2.40. The maximum absolute atomic E-state index is 10.5. The second-order valence-corrected chi connectivity index (χ2v) is 8.87. The van der Waals surface area contributed by atoms with Gasteiger partial charge in [-0.05, 0) is 44.5 Å². The molecule has 0 amide bonds. The normalized spacial score (nSPS) is 14.0. The molecule has 3 N–H and O–H groups in total. The van der Waals surface area contributed by atoms with E-state index >= 15 is 0 Å². The first-order chi connectivity index (χ1) is 11.4. The molecule has 0 aliphatic heterocycles. The van der Waals surface area contributed by atoms with Gasteiger partial charge in [-0.2, -0.15) is 11.8 Å². The molecular formula is C18H27N3OS2. The Morgan fingerprint density at radius 2 is 2.08 bits per heavy atom. The molecule has 0 radical (unpaired) electrons. The van der Waals surface area contributed by atoms with E-state index in [4.69, 9.17) is 0 Å². The number of nitrogens with one attached hydrogen (secondary N) is 2. The lowest BCUT2D eigenvalue weighted by molar-refractivity contribution is 0.184. The Kier molecular flexibility index (Phi) is 6.95. The van der Waals surface area contributed by atoms with Crippen LogP contribution < -0.4 is 10.6 Å². The molecule has 0 fully saturated rings. The van der Waals surface area contributed by atoms with Gasteiger partial charge in [0.25, 0.3) is 0 Å². The number of fused-ring (bicyclic) bond motifs is 1. The third-order valence-corrected chi connectivity index (χ3v) is 6.20. The standard InChI is InChI=1S/C18H27N3OS2/c1-5-19-17(21-12-18(2,3)23-4)20-11-14(22)16-10-13-8-6-7-9-15(13)24-16/h6-10,14,22H,5,11-12H2,1-4H3,(H2,19,20,21). The number of guanidine groups is 1. The maximum atomic E-state index is 10.5. The first-order valence-corrected chi connectivity index (χ1v) is 10.2. The zero-order valence-electron chi connectivity index (χ0n) is 14.8. The quantitative estimate of drug-likeness (QED) is 0.518. The van der Waals surface area contributed by atoms with Crippen LogP contribution in [0.4, 0.5) is 0 Å². The number of rotatable bonds is 7. The first kappa shape index (κ1) is 19.1. The van der Waals surface area contributed by atoms with Crippen LogP contribution in [-0.4, -0.2) is 41.7 Å². The summed E-state index contributed by atoms with van der Waals surface area (Å²) in [6, 6.07) is 10.3. The number of benzene rings is 1. The molecule has 132 valence electrons. The molecule has 0 saturated carbocycles. The van der Waals surface area contributed by atoms with Crippen molar-refractivity contribution in [3.63, 3.8) is 0 Å². The predicted molar refractivity (Wildman–Crippen MR) is 108 cm³/mol. The summed E-state index contributed by atoms with van der Waals surface area (Å²) < 4.78 is 1.31. The molecule has 1 unspecified atom stereocenters. The summed E-state index contributed by atoms with van der Waals surface area (Å²) in [6.07, 6.45) is 1.56. The van der Waals surface area contributed by atoms with Gasteiger partial charge in [0.15, 0.2) is 5.96 Å². The highest BCUT2D eigenvalue weighted by atomic mass is 32.2. The highest BCUT2D eigenvalue weighted by Crippen LogP contribution is 2.29. The lowest BCUT2D eigenvalue weighted by atomic mass is 10.2. The van der Waals surface area contributed by atoms with Crippen LogP contribution in [0.1, 0.15) is 31.8 Å². The van der Waals surface area contributed by atoms with E-state index < -0.39 is 6.10 Å². The van der Waals surface area contributed by atoms with Gasteiger partial charge >= 0.3 is 0 Å². The average molecular weight is 366 g/mol. The van der Waals surface area contributed by atoms with Crippen molar-refractivity contribution < 1.29 is 5.11 Å². The lowest BCUT2D eigenvalue weighted by Gasteiger charge is -2.21. The van der Waals surface area contributed by atoms with Gasteiger partial charge in [-0.15, -0.1) is 11.3 Å². The van der Waals surface area contributed by atoms with Gasteiger partial charge in [0.1, 0.15) is 6.10 Å². The summed E-state index contributed by atoms with van der Waals surface area (Å²) in [6.45, 7) is 8.36. The van der Waals surface area contributed by atoms with Gasteiger partial charge in [0, 0.05) is 27.4 Å².